The van der Waals surface area contributed by atoms with E-state index in [1.807, 2.05) is 24.7 Å². The summed E-state index contributed by atoms with van der Waals surface area (Å²) < 4.78 is 2.20. The third kappa shape index (κ3) is 2.55. The van der Waals surface area contributed by atoms with Gasteiger partial charge in [0.05, 0.1) is 24.3 Å². The van der Waals surface area contributed by atoms with Gasteiger partial charge in [0.15, 0.2) is 0 Å². The molecule has 1 unspecified atom stereocenters. The van der Waals surface area contributed by atoms with Crippen LogP contribution in [0.2, 0.25) is 0 Å². The molecule has 3 nitrogen and oxygen atoms in total. The van der Waals surface area contributed by atoms with Crippen LogP contribution in [0.4, 0.5) is 5.69 Å². The molecule has 0 aliphatic rings. The van der Waals surface area contributed by atoms with E-state index in [0.717, 1.165) is 11.4 Å². The smallest absolute Gasteiger partial charge is 0.0956 e. The Morgan fingerprint density at radius 1 is 1.05 bits per heavy atom. The van der Waals surface area contributed by atoms with Crippen molar-refractivity contribution in [2.45, 2.75) is 19.9 Å². The molecule has 3 rings (SSSR count). The Morgan fingerprint density at radius 2 is 1.76 bits per heavy atom. The summed E-state index contributed by atoms with van der Waals surface area (Å²) in [4.78, 5) is 4.34. The number of aryl methyl sites for hydroxylation is 1. The lowest BCUT2D eigenvalue weighted by Crippen LogP contribution is -2.07. The SMILES string of the molecule is Cc1ccccc1-c1cncn1C(C)c1ccc(N)cc1. The molecule has 0 saturated heterocycles. The van der Waals surface area contributed by atoms with Crippen molar-refractivity contribution >= 4 is 5.69 Å². The Bertz CT molecular complexity index is 741. The first-order chi connectivity index (χ1) is 10.2. The molecule has 1 heterocycles. The topological polar surface area (TPSA) is 43.8 Å². The largest absolute Gasteiger partial charge is 0.399 e. The Morgan fingerprint density at radius 3 is 2.48 bits per heavy atom. The van der Waals surface area contributed by atoms with Crippen molar-refractivity contribution in [2.24, 2.45) is 0 Å². The van der Waals surface area contributed by atoms with Gasteiger partial charge in [0.1, 0.15) is 0 Å². The van der Waals surface area contributed by atoms with Crippen molar-refractivity contribution in [1.29, 1.82) is 0 Å². The van der Waals surface area contributed by atoms with E-state index in [9.17, 15) is 0 Å². The molecule has 2 N–H and O–H groups in total. The van der Waals surface area contributed by atoms with E-state index in [-0.39, 0.29) is 6.04 Å². The van der Waals surface area contributed by atoms with Crippen LogP contribution >= 0.6 is 0 Å². The van der Waals surface area contributed by atoms with Crippen LogP contribution in [0.5, 0.6) is 0 Å². The van der Waals surface area contributed by atoms with Crippen molar-refractivity contribution in [1.82, 2.24) is 9.55 Å². The Labute approximate surface area is 125 Å². The molecule has 0 aliphatic heterocycles. The molecule has 0 fully saturated rings. The fraction of sp³-hybridized carbons (Fsp3) is 0.167. The average Bonchev–Trinajstić information content (AvgIpc) is 2.97. The summed E-state index contributed by atoms with van der Waals surface area (Å²) >= 11 is 0. The van der Waals surface area contributed by atoms with Gasteiger partial charge >= 0.3 is 0 Å². The molecule has 106 valence electrons. The Balaban J connectivity index is 2.03. The molecule has 1 aromatic heterocycles. The van der Waals surface area contributed by atoms with Gasteiger partial charge in [0, 0.05) is 11.3 Å². The first-order valence-electron chi connectivity index (χ1n) is 7.10. The highest BCUT2D eigenvalue weighted by Crippen LogP contribution is 2.28. The molecule has 0 radical (unpaired) electrons. The highest BCUT2D eigenvalue weighted by Gasteiger charge is 2.14. The zero-order chi connectivity index (χ0) is 14.8. The third-order valence-corrected chi connectivity index (χ3v) is 3.92. The number of aromatic nitrogens is 2. The quantitative estimate of drug-likeness (QED) is 0.734. The van der Waals surface area contributed by atoms with Crippen molar-refractivity contribution in [3.05, 3.63) is 72.2 Å². The fourth-order valence-corrected chi connectivity index (χ4v) is 2.62. The lowest BCUT2D eigenvalue weighted by Gasteiger charge is -2.18. The molecule has 0 bridgehead atoms. The van der Waals surface area contributed by atoms with E-state index in [1.54, 1.807) is 0 Å². The van der Waals surface area contributed by atoms with E-state index < -0.39 is 0 Å². The Kier molecular flexibility index (Phi) is 3.48. The summed E-state index contributed by atoms with van der Waals surface area (Å²) in [5.74, 6) is 0. The number of rotatable bonds is 3. The molecule has 2 aromatic carbocycles. The zero-order valence-electron chi connectivity index (χ0n) is 12.3. The second-order valence-electron chi connectivity index (χ2n) is 5.34. The minimum atomic E-state index is 0.211. The van der Waals surface area contributed by atoms with Crippen LogP contribution in [0.25, 0.3) is 11.3 Å². The van der Waals surface area contributed by atoms with Crippen LogP contribution in [0.3, 0.4) is 0 Å². The molecule has 0 amide bonds. The monoisotopic (exact) mass is 277 g/mol. The minimum absolute atomic E-state index is 0.211. The molecule has 0 aliphatic carbocycles. The molecular weight excluding hydrogens is 258 g/mol. The van der Waals surface area contributed by atoms with Crippen molar-refractivity contribution in [3.63, 3.8) is 0 Å². The number of benzene rings is 2. The van der Waals surface area contributed by atoms with Crippen LogP contribution in [-0.4, -0.2) is 9.55 Å². The van der Waals surface area contributed by atoms with Crippen molar-refractivity contribution in [2.75, 3.05) is 5.73 Å². The molecule has 21 heavy (non-hydrogen) atoms. The maximum Gasteiger partial charge on any atom is 0.0956 e. The number of nitrogens with two attached hydrogens (primary N) is 1. The highest BCUT2D eigenvalue weighted by molar-refractivity contribution is 5.63. The van der Waals surface area contributed by atoms with Crippen LogP contribution in [0.1, 0.15) is 24.1 Å². The van der Waals surface area contributed by atoms with Gasteiger partial charge in [-0.05, 0) is 37.1 Å². The third-order valence-electron chi connectivity index (χ3n) is 3.92. The Hall–Kier alpha value is -2.55. The number of nitrogens with zero attached hydrogens (tertiary/aromatic N) is 2. The predicted octanol–water partition coefficient (Wildman–Crippen LogP) is 4.05. The van der Waals surface area contributed by atoms with Gasteiger partial charge < -0.3 is 10.3 Å². The molecule has 0 saturated carbocycles. The van der Waals surface area contributed by atoms with Gasteiger partial charge in [-0.15, -0.1) is 0 Å². The maximum atomic E-state index is 5.77. The molecule has 0 spiro atoms. The second kappa shape index (κ2) is 5.44. The predicted molar refractivity (Wildman–Crippen MR) is 87.1 cm³/mol. The van der Waals surface area contributed by atoms with E-state index in [2.05, 4.69) is 59.8 Å². The summed E-state index contributed by atoms with van der Waals surface area (Å²) in [5.41, 5.74) is 11.4. The number of imidazole rings is 1. The van der Waals surface area contributed by atoms with E-state index in [0.29, 0.717) is 0 Å². The summed E-state index contributed by atoms with van der Waals surface area (Å²) in [5, 5.41) is 0. The first-order valence-corrected chi connectivity index (χ1v) is 7.10. The van der Waals surface area contributed by atoms with Crippen LogP contribution in [0.15, 0.2) is 61.1 Å². The molecular formula is C18H19N3. The number of hydrogen-bond donors (Lipinski definition) is 1. The minimum Gasteiger partial charge on any atom is -0.399 e. The first kappa shape index (κ1) is 13.4. The van der Waals surface area contributed by atoms with Crippen LogP contribution in [-0.2, 0) is 0 Å². The lowest BCUT2D eigenvalue weighted by molar-refractivity contribution is 0.644. The molecule has 1 atom stereocenters. The molecule has 3 heteroatoms. The van der Waals surface area contributed by atoms with E-state index >= 15 is 0 Å². The maximum absolute atomic E-state index is 5.77. The zero-order valence-corrected chi connectivity index (χ0v) is 12.3. The van der Waals surface area contributed by atoms with E-state index in [1.165, 1.54) is 16.7 Å². The normalized spacial score (nSPS) is 12.3. The fourth-order valence-electron chi connectivity index (χ4n) is 2.62. The number of anilines is 1. The number of nitrogen functional groups attached to an aromatic ring is 1. The second-order valence-corrected chi connectivity index (χ2v) is 5.34. The van der Waals surface area contributed by atoms with Gasteiger partial charge in [0.25, 0.3) is 0 Å². The average molecular weight is 277 g/mol. The van der Waals surface area contributed by atoms with Gasteiger partial charge in [-0.3, -0.25) is 0 Å². The number of hydrogen-bond acceptors (Lipinski definition) is 2. The van der Waals surface area contributed by atoms with E-state index in [4.69, 9.17) is 5.73 Å². The van der Waals surface area contributed by atoms with Gasteiger partial charge in [-0.25, -0.2) is 4.98 Å². The highest BCUT2D eigenvalue weighted by atomic mass is 15.1. The van der Waals surface area contributed by atoms with Gasteiger partial charge in [-0.2, -0.15) is 0 Å². The summed E-state index contributed by atoms with van der Waals surface area (Å²) in [6, 6.07) is 16.6. The summed E-state index contributed by atoms with van der Waals surface area (Å²) in [7, 11) is 0. The van der Waals surface area contributed by atoms with Crippen molar-refractivity contribution < 1.29 is 0 Å². The summed E-state index contributed by atoms with van der Waals surface area (Å²) in [6.45, 7) is 4.30. The summed E-state index contributed by atoms with van der Waals surface area (Å²) in [6.07, 6.45) is 3.82. The standard InChI is InChI=1S/C18H19N3/c1-13-5-3-4-6-17(13)18-11-20-12-21(18)14(2)15-7-9-16(19)10-8-15/h3-12,14H,19H2,1-2H3. The lowest BCUT2D eigenvalue weighted by atomic mass is 10.0. The molecule has 3 aromatic rings. The van der Waals surface area contributed by atoms with Gasteiger partial charge in [0.2, 0.25) is 0 Å². The van der Waals surface area contributed by atoms with Crippen molar-refractivity contribution in [3.8, 4) is 11.3 Å². The van der Waals surface area contributed by atoms with Gasteiger partial charge in [-0.1, -0.05) is 36.4 Å². The van der Waals surface area contributed by atoms with Crippen LogP contribution < -0.4 is 5.73 Å². The van der Waals surface area contributed by atoms with Crippen LogP contribution in [0, 0.1) is 6.92 Å².